The second-order valence-corrected chi connectivity index (χ2v) is 6.92. The van der Waals surface area contributed by atoms with Crippen molar-refractivity contribution in [3.05, 3.63) is 57.0 Å². The molecule has 0 fully saturated rings. The number of nitrogens with one attached hydrogen (secondary N) is 2. The Hall–Kier alpha value is -2.05. The van der Waals surface area contributed by atoms with Crippen molar-refractivity contribution < 1.29 is 14.3 Å². The molecule has 1 aliphatic rings. The maximum absolute atomic E-state index is 12.1. The number of ether oxygens (including phenoxy) is 1. The van der Waals surface area contributed by atoms with Crippen LogP contribution >= 0.6 is 27.5 Å². The molecule has 0 saturated heterocycles. The second-order valence-electron chi connectivity index (χ2n) is 5.60. The summed E-state index contributed by atoms with van der Waals surface area (Å²) < 4.78 is 6.49. The van der Waals surface area contributed by atoms with Gasteiger partial charge in [0.25, 0.3) is 5.91 Å². The van der Waals surface area contributed by atoms with E-state index in [0.29, 0.717) is 42.3 Å². The smallest absolute Gasteiger partial charge is 0.252 e. The Bertz CT molecular complexity index is 826. The van der Waals surface area contributed by atoms with E-state index in [1.807, 2.05) is 12.1 Å². The van der Waals surface area contributed by atoms with Crippen LogP contribution < -0.4 is 15.4 Å². The Kier molecular flexibility index (Phi) is 5.60. The van der Waals surface area contributed by atoms with Crippen LogP contribution in [0.3, 0.4) is 0 Å². The molecule has 0 spiro atoms. The lowest BCUT2D eigenvalue weighted by atomic mass is 10.0. The van der Waals surface area contributed by atoms with Gasteiger partial charge in [-0.3, -0.25) is 9.59 Å². The summed E-state index contributed by atoms with van der Waals surface area (Å²) in [6.07, 6.45) is 1.19. The number of aryl methyl sites for hydroxylation is 1. The summed E-state index contributed by atoms with van der Waals surface area (Å²) >= 11 is 9.36. The van der Waals surface area contributed by atoms with E-state index >= 15 is 0 Å². The summed E-state index contributed by atoms with van der Waals surface area (Å²) in [5.74, 6) is 0.510. The van der Waals surface area contributed by atoms with Gasteiger partial charge in [-0.1, -0.05) is 27.5 Å². The molecule has 7 heteroatoms. The molecule has 0 radical (unpaired) electrons. The average Bonchev–Trinajstić information content (AvgIpc) is 2.58. The molecule has 2 aromatic rings. The largest absolute Gasteiger partial charge is 0.492 e. The van der Waals surface area contributed by atoms with Crippen LogP contribution in [0.5, 0.6) is 5.75 Å². The molecule has 0 aromatic heterocycles. The van der Waals surface area contributed by atoms with E-state index in [2.05, 4.69) is 26.6 Å². The molecule has 0 bridgehead atoms. The number of carbonyl (C=O) groups excluding carboxylic acids is 2. The van der Waals surface area contributed by atoms with Crippen LogP contribution in [0.2, 0.25) is 5.02 Å². The number of fused-ring (bicyclic) bond motifs is 1. The fourth-order valence-corrected chi connectivity index (χ4v) is 3.31. The number of halogens is 2. The number of hydrogen-bond acceptors (Lipinski definition) is 3. The lowest BCUT2D eigenvalue weighted by Crippen LogP contribution is -2.28. The molecule has 0 atom stereocenters. The van der Waals surface area contributed by atoms with Gasteiger partial charge in [0, 0.05) is 16.6 Å². The highest BCUT2D eigenvalue weighted by molar-refractivity contribution is 9.10. The summed E-state index contributed by atoms with van der Waals surface area (Å²) in [7, 11) is 0. The third-order valence-electron chi connectivity index (χ3n) is 3.80. The van der Waals surface area contributed by atoms with E-state index in [4.69, 9.17) is 16.3 Å². The number of carbonyl (C=O) groups is 2. The third-order valence-corrected chi connectivity index (χ3v) is 4.61. The summed E-state index contributed by atoms with van der Waals surface area (Å²) in [5, 5.41) is 6.00. The predicted octanol–water partition coefficient (Wildman–Crippen LogP) is 3.80. The molecule has 0 aliphatic carbocycles. The van der Waals surface area contributed by atoms with Crippen molar-refractivity contribution in [2.75, 3.05) is 18.5 Å². The highest BCUT2D eigenvalue weighted by Gasteiger charge is 2.15. The van der Waals surface area contributed by atoms with Crippen molar-refractivity contribution in [2.45, 2.75) is 12.8 Å². The Morgan fingerprint density at radius 1 is 1.24 bits per heavy atom. The molecule has 3 rings (SSSR count). The molecule has 0 unspecified atom stereocenters. The summed E-state index contributed by atoms with van der Waals surface area (Å²) in [4.78, 5) is 23.5. The highest BCUT2D eigenvalue weighted by Crippen LogP contribution is 2.26. The third kappa shape index (κ3) is 4.52. The Morgan fingerprint density at radius 2 is 2.08 bits per heavy atom. The lowest BCUT2D eigenvalue weighted by Gasteiger charge is -2.17. The number of benzene rings is 2. The molecule has 2 N–H and O–H groups in total. The molecule has 2 amide bonds. The molecule has 130 valence electrons. The highest BCUT2D eigenvalue weighted by atomic mass is 79.9. The molecule has 25 heavy (non-hydrogen) atoms. The van der Waals surface area contributed by atoms with Crippen LogP contribution in [0.1, 0.15) is 22.3 Å². The first-order chi connectivity index (χ1) is 12.0. The molecule has 5 nitrogen and oxygen atoms in total. The van der Waals surface area contributed by atoms with E-state index in [1.54, 1.807) is 24.3 Å². The monoisotopic (exact) mass is 422 g/mol. The topological polar surface area (TPSA) is 67.4 Å². The van der Waals surface area contributed by atoms with Gasteiger partial charge in [0.15, 0.2) is 0 Å². The van der Waals surface area contributed by atoms with E-state index in [0.717, 1.165) is 15.7 Å². The normalized spacial score (nSPS) is 13.0. The van der Waals surface area contributed by atoms with E-state index in [1.165, 1.54) is 0 Å². The molecule has 2 aromatic carbocycles. The first-order valence-electron chi connectivity index (χ1n) is 7.82. The number of anilines is 1. The first-order valence-corrected chi connectivity index (χ1v) is 8.99. The van der Waals surface area contributed by atoms with Crippen molar-refractivity contribution in [1.82, 2.24) is 5.32 Å². The summed E-state index contributed by atoms with van der Waals surface area (Å²) in [5.41, 5.74) is 2.32. The summed E-state index contributed by atoms with van der Waals surface area (Å²) in [6.45, 7) is 0.698. The van der Waals surface area contributed by atoms with E-state index in [-0.39, 0.29) is 11.8 Å². The zero-order valence-electron chi connectivity index (χ0n) is 13.3. The van der Waals surface area contributed by atoms with Gasteiger partial charge in [0.1, 0.15) is 12.4 Å². The van der Waals surface area contributed by atoms with Crippen LogP contribution in [0.15, 0.2) is 40.9 Å². The fraction of sp³-hybridized carbons (Fsp3) is 0.222. The van der Waals surface area contributed by atoms with Gasteiger partial charge >= 0.3 is 0 Å². The SMILES string of the molecule is O=C1CCc2cc(OCCNC(=O)c3ccc(Br)cc3Cl)ccc2N1. The average molecular weight is 424 g/mol. The van der Waals surface area contributed by atoms with Crippen LogP contribution in [0, 0.1) is 0 Å². The maximum Gasteiger partial charge on any atom is 0.252 e. The van der Waals surface area contributed by atoms with Crippen molar-refractivity contribution in [3.8, 4) is 5.75 Å². The maximum atomic E-state index is 12.1. The van der Waals surface area contributed by atoms with Gasteiger partial charge in [0.05, 0.1) is 17.1 Å². The number of hydrogen-bond donors (Lipinski definition) is 2. The zero-order chi connectivity index (χ0) is 17.8. The number of amides is 2. The van der Waals surface area contributed by atoms with Crippen LogP contribution in [-0.4, -0.2) is 25.0 Å². The van der Waals surface area contributed by atoms with Crippen LogP contribution in [-0.2, 0) is 11.2 Å². The second kappa shape index (κ2) is 7.89. The minimum absolute atomic E-state index is 0.0375. The van der Waals surface area contributed by atoms with Gasteiger partial charge in [-0.2, -0.15) is 0 Å². The zero-order valence-corrected chi connectivity index (χ0v) is 15.6. The fourth-order valence-electron chi connectivity index (χ4n) is 2.55. The summed E-state index contributed by atoms with van der Waals surface area (Å²) in [6, 6.07) is 10.7. The molecular formula is C18H16BrClN2O3. The minimum atomic E-state index is -0.241. The lowest BCUT2D eigenvalue weighted by molar-refractivity contribution is -0.116. The van der Waals surface area contributed by atoms with Crippen molar-refractivity contribution in [2.24, 2.45) is 0 Å². The van der Waals surface area contributed by atoms with Gasteiger partial charge < -0.3 is 15.4 Å². The first kappa shape index (κ1) is 17.8. The van der Waals surface area contributed by atoms with Crippen LogP contribution in [0.4, 0.5) is 5.69 Å². The number of rotatable bonds is 5. The molecule has 1 aliphatic heterocycles. The Balaban J connectivity index is 1.50. The Labute approximate surface area is 158 Å². The molecular weight excluding hydrogens is 408 g/mol. The quantitative estimate of drug-likeness (QED) is 0.719. The van der Waals surface area contributed by atoms with E-state index in [9.17, 15) is 9.59 Å². The van der Waals surface area contributed by atoms with Gasteiger partial charge in [-0.15, -0.1) is 0 Å². The van der Waals surface area contributed by atoms with Crippen molar-refractivity contribution in [1.29, 1.82) is 0 Å². The minimum Gasteiger partial charge on any atom is -0.492 e. The molecule has 1 heterocycles. The van der Waals surface area contributed by atoms with Crippen LogP contribution in [0.25, 0.3) is 0 Å². The van der Waals surface area contributed by atoms with E-state index < -0.39 is 0 Å². The predicted molar refractivity (Wildman–Crippen MR) is 100 cm³/mol. The van der Waals surface area contributed by atoms with Gasteiger partial charge in [-0.05, 0) is 48.4 Å². The van der Waals surface area contributed by atoms with Gasteiger partial charge in [0.2, 0.25) is 5.91 Å². The van der Waals surface area contributed by atoms with Crippen molar-refractivity contribution >= 4 is 45.0 Å². The standard InChI is InChI=1S/C18H16BrClN2O3/c19-12-2-4-14(15(20)10-12)18(24)21-7-8-25-13-3-5-16-11(9-13)1-6-17(23)22-16/h2-5,9-10H,1,6-8H2,(H,21,24)(H,22,23). The molecule has 0 saturated carbocycles. The Morgan fingerprint density at radius 3 is 2.88 bits per heavy atom. The van der Waals surface area contributed by atoms with Crippen molar-refractivity contribution in [3.63, 3.8) is 0 Å². The van der Waals surface area contributed by atoms with Gasteiger partial charge in [-0.25, -0.2) is 0 Å².